The first-order valence-electron chi connectivity index (χ1n) is 15.1. The Morgan fingerprint density at radius 1 is 0.947 bits per heavy atom. The van der Waals surface area contributed by atoms with Gasteiger partial charge in [0, 0.05) is 12.3 Å². The Kier molecular flexibility index (Phi) is 7.43. The van der Waals surface area contributed by atoms with Crippen molar-refractivity contribution >= 4 is 17.7 Å². The summed E-state index contributed by atoms with van der Waals surface area (Å²) in [6, 6.07) is 0. The fourth-order valence-corrected chi connectivity index (χ4v) is 9.52. The second-order valence-corrected chi connectivity index (χ2v) is 13.5. The third-order valence-corrected chi connectivity index (χ3v) is 11.5. The Hall–Kier alpha value is -1.95. The molecule has 1 heterocycles. The number of nitrogens with one attached hydrogen (secondary N) is 1. The van der Waals surface area contributed by atoms with Crippen LogP contribution in [0.15, 0.2) is 23.3 Å². The van der Waals surface area contributed by atoms with Gasteiger partial charge in [0.15, 0.2) is 11.4 Å². The molecule has 0 bridgehead atoms. The second-order valence-electron chi connectivity index (χ2n) is 13.5. The predicted octanol–water partition coefficient (Wildman–Crippen LogP) is 4.38. The van der Waals surface area contributed by atoms with E-state index in [2.05, 4.69) is 32.9 Å². The molecule has 6 nitrogen and oxygen atoms in total. The number of ketones is 1. The second kappa shape index (κ2) is 10.2. The van der Waals surface area contributed by atoms with Crippen molar-refractivity contribution in [2.24, 2.45) is 28.6 Å². The van der Waals surface area contributed by atoms with Crippen molar-refractivity contribution in [3.63, 3.8) is 0 Å². The van der Waals surface area contributed by atoms with Crippen LogP contribution in [0.3, 0.4) is 0 Å². The van der Waals surface area contributed by atoms with Gasteiger partial charge >= 0.3 is 11.9 Å². The maximum absolute atomic E-state index is 13.0. The van der Waals surface area contributed by atoms with Crippen molar-refractivity contribution in [3.05, 3.63) is 23.3 Å². The van der Waals surface area contributed by atoms with Crippen LogP contribution < -0.4 is 4.90 Å². The average molecular weight is 527 g/mol. The number of allylic oxidation sites excluding steroid dienone is 3. The lowest BCUT2D eigenvalue weighted by Crippen LogP contribution is -3.12. The van der Waals surface area contributed by atoms with Crippen LogP contribution in [0.4, 0.5) is 0 Å². The Balaban J connectivity index is 1.34. The third-order valence-electron chi connectivity index (χ3n) is 11.5. The zero-order chi connectivity index (χ0) is 27.3. The van der Waals surface area contributed by atoms with Gasteiger partial charge in [-0.25, -0.2) is 0 Å². The normalized spacial score (nSPS) is 40.7. The van der Waals surface area contributed by atoms with Crippen molar-refractivity contribution in [3.8, 4) is 0 Å². The molecule has 0 spiro atoms. The number of carbonyl (C=O) groups is 3. The lowest BCUT2D eigenvalue weighted by Gasteiger charge is -2.58. The molecule has 38 heavy (non-hydrogen) atoms. The van der Waals surface area contributed by atoms with Gasteiger partial charge in [0.1, 0.15) is 6.10 Å². The summed E-state index contributed by atoms with van der Waals surface area (Å²) in [5, 5.41) is 0. The summed E-state index contributed by atoms with van der Waals surface area (Å²) in [7, 11) is 0. The number of ether oxygens (including phenoxy) is 2. The number of likely N-dealkylation sites (tertiary alicyclic amines) is 1. The zero-order valence-corrected chi connectivity index (χ0v) is 24.2. The highest BCUT2D eigenvalue weighted by atomic mass is 16.6. The molecule has 1 N–H and O–H groups in total. The maximum atomic E-state index is 13.0. The van der Waals surface area contributed by atoms with E-state index in [-0.39, 0.29) is 34.7 Å². The molecule has 0 aromatic carbocycles. The highest BCUT2D eigenvalue weighted by Crippen LogP contribution is 2.68. The highest BCUT2D eigenvalue weighted by molar-refractivity contribution is 5.89. The first kappa shape index (κ1) is 27.6. The number of fused-ring (bicyclic) bond motifs is 5. The number of carbonyl (C=O) groups excluding carboxylic acids is 3. The summed E-state index contributed by atoms with van der Waals surface area (Å²) in [6.45, 7) is 13.1. The van der Waals surface area contributed by atoms with Crippen LogP contribution in [0, 0.1) is 28.6 Å². The molecule has 1 saturated heterocycles. The first-order valence-corrected chi connectivity index (χ1v) is 15.1. The minimum absolute atomic E-state index is 0.0105. The Labute approximate surface area is 228 Å². The molecule has 3 fully saturated rings. The molecule has 210 valence electrons. The molecular weight excluding hydrogens is 478 g/mol. The lowest BCUT2D eigenvalue weighted by atomic mass is 9.47. The van der Waals surface area contributed by atoms with Gasteiger partial charge in [-0.2, -0.15) is 0 Å². The molecule has 2 saturated carbocycles. The van der Waals surface area contributed by atoms with E-state index in [4.69, 9.17) is 9.47 Å². The van der Waals surface area contributed by atoms with E-state index in [1.54, 1.807) is 11.8 Å². The molecule has 0 amide bonds. The van der Waals surface area contributed by atoms with Crippen LogP contribution >= 0.6 is 0 Å². The van der Waals surface area contributed by atoms with Crippen LogP contribution in [0.25, 0.3) is 0 Å². The van der Waals surface area contributed by atoms with E-state index in [1.807, 2.05) is 0 Å². The monoisotopic (exact) mass is 526 g/mol. The fraction of sp³-hybridized carbons (Fsp3) is 0.781. The smallest absolute Gasteiger partial charge is 0.312 e. The van der Waals surface area contributed by atoms with Crippen molar-refractivity contribution in [2.75, 3.05) is 19.6 Å². The van der Waals surface area contributed by atoms with Crippen LogP contribution in [-0.4, -0.2) is 49.1 Å². The van der Waals surface area contributed by atoms with E-state index in [0.717, 1.165) is 38.6 Å². The van der Waals surface area contributed by atoms with Crippen LogP contribution in [-0.2, 0) is 23.9 Å². The van der Waals surface area contributed by atoms with Gasteiger partial charge in [-0.05, 0) is 106 Å². The van der Waals surface area contributed by atoms with E-state index >= 15 is 0 Å². The summed E-state index contributed by atoms with van der Waals surface area (Å²) in [5.41, 5.74) is 1.32. The quantitative estimate of drug-likeness (QED) is 0.520. The topological polar surface area (TPSA) is 74.1 Å². The standard InChI is InChI=1S/C32H47NO5/c1-21-19-25-26(10-14-31(5)27(25)11-15-32(31,22(2)34)38-23(3)35)30(4)13-9-24(20-28(21)30)37-29(36)12-18-33-16-7-6-8-17-33/h19-20,24-27H,6-18H2,1-5H3/p+1/t24?,25?,26?,27?,30-,31+,32+/m1/s1. The number of rotatable bonds is 6. The van der Waals surface area contributed by atoms with Crippen LogP contribution in [0.2, 0.25) is 0 Å². The summed E-state index contributed by atoms with van der Waals surface area (Å²) in [5.74, 6) is 0.722. The molecule has 0 aromatic rings. The lowest BCUT2D eigenvalue weighted by molar-refractivity contribution is -0.904. The summed E-state index contributed by atoms with van der Waals surface area (Å²) in [6.07, 6.45) is 14.2. The van der Waals surface area contributed by atoms with Crippen molar-refractivity contribution in [2.45, 2.75) is 111 Å². The Morgan fingerprint density at radius 2 is 1.66 bits per heavy atom. The van der Waals surface area contributed by atoms with Gasteiger partial charge in [-0.1, -0.05) is 25.5 Å². The average Bonchev–Trinajstić information content (AvgIpc) is 3.17. The molecule has 5 aliphatic rings. The highest BCUT2D eigenvalue weighted by Gasteiger charge is 2.67. The fourth-order valence-electron chi connectivity index (χ4n) is 9.52. The first-order chi connectivity index (χ1) is 18.0. The number of Topliss-reactive ketones (excluding diaryl/α,β-unsaturated/α-hetero) is 1. The number of quaternary nitrogens is 1. The van der Waals surface area contributed by atoms with Crippen molar-refractivity contribution < 1.29 is 28.8 Å². The maximum Gasteiger partial charge on any atom is 0.312 e. The molecule has 4 aliphatic carbocycles. The molecule has 0 radical (unpaired) electrons. The summed E-state index contributed by atoms with van der Waals surface area (Å²) < 4.78 is 11.9. The molecular formula is C32H48NO5+. The molecule has 7 atom stereocenters. The van der Waals surface area contributed by atoms with Gasteiger partial charge in [-0.3, -0.25) is 14.4 Å². The van der Waals surface area contributed by atoms with Crippen molar-refractivity contribution in [1.82, 2.24) is 0 Å². The molecule has 4 unspecified atom stereocenters. The van der Waals surface area contributed by atoms with Gasteiger partial charge in [0.2, 0.25) is 0 Å². The van der Waals surface area contributed by atoms with Gasteiger partial charge in [0.25, 0.3) is 0 Å². The summed E-state index contributed by atoms with van der Waals surface area (Å²) in [4.78, 5) is 39.3. The largest absolute Gasteiger partial charge is 0.458 e. The Morgan fingerprint density at radius 3 is 2.34 bits per heavy atom. The van der Waals surface area contributed by atoms with E-state index in [0.29, 0.717) is 30.6 Å². The molecule has 0 aromatic heterocycles. The number of hydrogen-bond acceptors (Lipinski definition) is 5. The van der Waals surface area contributed by atoms with E-state index in [1.165, 1.54) is 50.4 Å². The van der Waals surface area contributed by atoms with Gasteiger partial charge in [0.05, 0.1) is 26.1 Å². The summed E-state index contributed by atoms with van der Waals surface area (Å²) >= 11 is 0. The minimum atomic E-state index is -1.00. The molecule has 6 heteroatoms. The van der Waals surface area contributed by atoms with Gasteiger partial charge < -0.3 is 14.4 Å². The molecule has 1 aliphatic heterocycles. The van der Waals surface area contributed by atoms with E-state index < -0.39 is 5.60 Å². The van der Waals surface area contributed by atoms with Crippen LogP contribution in [0.1, 0.15) is 98.8 Å². The Bertz CT molecular complexity index is 1040. The predicted molar refractivity (Wildman–Crippen MR) is 145 cm³/mol. The van der Waals surface area contributed by atoms with Crippen LogP contribution in [0.5, 0.6) is 0 Å². The number of hydrogen-bond donors (Lipinski definition) is 1. The number of piperidine rings is 1. The minimum Gasteiger partial charge on any atom is -0.458 e. The third kappa shape index (κ3) is 4.49. The SMILES string of the molecule is CC(=O)O[C@]1(C(C)=O)CCC2C3C=C(C)C4=CC(OC(=O)CC[NH+]5CCCCC5)CC[C@]4(C)C3CC[C@@]21C. The van der Waals surface area contributed by atoms with E-state index in [9.17, 15) is 14.4 Å². The van der Waals surface area contributed by atoms with Gasteiger partial charge in [-0.15, -0.1) is 0 Å². The zero-order valence-electron chi connectivity index (χ0n) is 24.2. The van der Waals surface area contributed by atoms with Crippen molar-refractivity contribution in [1.29, 1.82) is 0 Å². The molecule has 5 rings (SSSR count). The number of esters is 2.